The summed E-state index contributed by atoms with van der Waals surface area (Å²) in [6.07, 6.45) is 0.0478. The molecule has 0 aliphatic rings. The highest BCUT2D eigenvalue weighted by atomic mass is 16.3. The zero-order valence-electron chi connectivity index (χ0n) is 14.4. The Morgan fingerprint density at radius 1 is 0.957 bits per heavy atom. The minimum absolute atomic E-state index is 0.0478. The molecule has 2 atom stereocenters. The minimum atomic E-state index is 0.0478. The Balaban J connectivity index is 2.48. The Hall–Kier alpha value is -2.20. The van der Waals surface area contributed by atoms with Gasteiger partial charge in [0.2, 0.25) is 0 Å². The van der Waals surface area contributed by atoms with Gasteiger partial charge in [-0.15, -0.1) is 0 Å². The first-order valence-electron chi connectivity index (χ1n) is 8.14. The Kier molecular flexibility index (Phi) is 5.16. The van der Waals surface area contributed by atoms with E-state index in [1.165, 1.54) is 0 Å². The van der Waals surface area contributed by atoms with E-state index in [-0.39, 0.29) is 11.9 Å². The fraction of sp³-hybridized carbons (Fsp3) is 0.368. The molecule has 23 heavy (non-hydrogen) atoms. The quantitative estimate of drug-likeness (QED) is 0.627. The molecular weight excluding hydrogens is 288 g/mol. The highest BCUT2D eigenvalue weighted by Gasteiger charge is 2.36. The highest BCUT2D eigenvalue weighted by Crippen LogP contribution is 2.37. The third-order valence-electron chi connectivity index (χ3n) is 4.90. The predicted molar refractivity (Wildman–Crippen MR) is 97.0 cm³/mol. The van der Waals surface area contributed by atoms with Crippen LogP contribution in [0.3, 0.4) is 0 Å². The van der Waals surface area contributed by atoms with Crippen molar-refractivity contribution in [1.82, 2.24) is 4.48 Å². The van der Waals surface area contributed by atoms with E-state index in [4.69, 9.17) is 0 Å². The summed E-state index contributed by atoms with van der Waals surface area (Å²) in [4.78, 5) is 2.17. The maximum atomic E-state index is 10.3. The summed E-state index contributed by atoms with van der Waals surface area (Å²) in [7, 11) is 2.11. The third kappa shape index (κ3) is 3.13. The van der Waals surface area contributed by atoms with Gasteiger partial charge in [-0.2, -0.15) is 0 Å². The molecule has 2 aromatic rings. The van der Waals surface area contributed by atoms with Crippen LogP contribution in [-0.4, -0.2) is 36.5 Å². The van der Waals surface area contributed by atoms with E-state index in [1.54, 1.807) is 12.1 Å². The first-order valence-corrected chi connectivity index (χ1v) is 8.14. The second-order valence-corrected chi connectivity index (χ2v) is 5.98. The van der Waals surface area contributed by atoms with Crippen molar-refractivity contribution in [2.75, 3.05) is 25.0 Å². The summed E-state index contributed by atoms with van der Waals surface area (Å²) in [5.74, 6) is 0.582. The average molecular weight is 315 g/mol. The van der Waals surface area contributed by atoms with Crippen LogP contribution >= 0.6 is 0 Å². The van der Waals surface area contributed by atoms with Gasteiger partial charge in [-0.3, -0.25) is 4.48 Å². The molecule has 0 fully saturated rings. The molecule has 124 valence electrons. The Morgan fingerprint density at radius 3 is 2.04 bits per heavy atom. The first-order chi connectivity index (χ1) is 11.0. The summed E-state index contributed by atoms with van der Waals surface area (Å²) >= 11 is 0. The summed E-state index contributed by atoms with van der Waals surface area (Å²) < 4.78 is 0.550. The van der Waals surface area contributed by atoms with Crippen molar-refractivity contribution < 1.29 is 10.2 Å². The molecule has 2 rings (SSSR count). The van der Waals surface area contributed by atoms with Gasteiger partial charge in [0.1, 0.15) is 5.75 Å². The third-order valence-corrected chi connectivity index (χ3v) is 4.90. The van der Waals surface area contributed by atoms with Gasteiger partial charge in [-0.1, -0.05) is 24.3 Å². The van der Waals surface area contributed by atoms with Gasteiger partial charge < -0.3 is 15.1 Å². The maximum Gasteiger partial charge on any atom is 0.177 e. The topological polar surface area (TPSA) is 43.7 Å². The van der Waals surface area contributed by atoms with Crippen molar-refractivity contribution in [2.24, 2.45) is 0 Å². The molecule has 2 N–H and O–H groups in total. The first kappa shape index (κ1) is 17.2. The van der Waals surface area contributed by atoms with E-state index in [1.807, 2.05) is 36.4 Å². The molecule has 0 saturated heterocycles. The van der Waals surface area contributed by atoms with Gasteiger partial charge in [0.15, 0.2) is 17.6 Å². The lowest BCUT2D eigenvalue weighted by atomic mass is 10.1. The van der Waals surface area contributed by atoms with Crippen LogP contribution in [0.2, 0.25) is 0 Å². The second-order valence-electron chi connectivity index (χ2n) is 5.98. The predicted octanol–water partition coefficient (Wildman–Crippen LogP) is 3.93. The lowest BCUT2D eigenvalue weighted by Gasteiger charge is -2.44. The van der Waals surface area contributed by atoms with Crippen molar-refractivity contribution in [3.05, 3.63) is 48.5 Å². The number of rotatable bonds is 6. The van der Waals surface area contributed by atoms with Crippen LogP contribution in [0.15, 0.2) is 48.5 Å². The number of anilines is 1. The second kappa shape index (κ2) is 6.92. The standard InChI is InChI=1S/C19H26N2O2/c1-5-20(16-11-7-9-13-18(16)22)15(3)21(4,6-2)17-12-8-10-14-19(17)23/h7-15H,5-6H2,1-4H3,(H-,22,23)/p+1. The van der Waals surface area contributed by atoms with E-state index in [2.05, 4.69) is 32.7 Å². The van der Waals surface area contributed by atoms with Crippen molar-refractivity contribution in [3.63, 3.8) is 0 Å². The number of phenolic OH excluding ortho intramolecular Hbond substituents is 2. The molecule has 0 heterocycles. The number of para-hydroxylation sites is 4. The number of hydrogen-bond donors (Lipinski definition) is 2. The molecule has 0 aliphatic heterocycles. The van der Waals surface area contributed by atoms with Gasteiger partial charge in [0, 0.05) is 19.5 Å². The zero-order chi connectivity index (χ0) is 17.0. The van der Waals surface area contributed by atoms with Crippen molar-refractivity contribution in [3.8, 4) is 11.5 Å². The number of benzene rings is 2. The van der Waals surface area contributed by atoms with Gasteiger partial charge in [0.05, 0.1) is 19.3 Å². The van der Waals surface area contributed by atoms with Crippen molar-refractivity contribution in [2.45, 2.75) is 26.9 Å². The van der Waals surface area contributed by atoms with Gasteiger partial charge in [-0.25, -0.2) is 0 Å². The molecule has 0 radical (unpaired) electrons. The lowest BCUT2D eigenvalue weighted by molar-refractivity contribution is 0.253. The molecular formula is C19H27N2O2+. The SMILES string of the molecule is CCN(c1ccccc1O)C(C)[N+](C)(CC)c1ccccc1O. The lowest BCUT2D eigenvalue weighted by Crippen LogP contribution is -2.60. The molecule has 0 spiro atoms. The Morgan fingerprint density at radius 2 is 1.52 bits per heavy atom. The molecule has 4 nitrogen and oxygen atoms in total. The van der Waals surface area contributed by atoms with E-state index in [0.29, 0.717) is 10.2 Å². The van der Waals surface area contributed by atoms with Gasteiger partial charge in [-0.05, 0) is 32.0 Å². The minimum Gasteiger partial charge on any atom is -0.506 e. The van der Waals surface area contributed by atoms with Crippen LogP contribution in [0, 0.1) is 0 Å². The molecule has 0 aromatic heterocycles. The fourth-order valence-corrected chi connectivity index (χ4v) is 3.18. The smallest absolute Gasteiger partial charge is 0.177 e. The van der Waals surface area contributed by atoms with E-state index >= 15 is 0 Å². The molecule has 2 unspecified atom stereocenters. The Bertz CT molecular complexity index is 659. The van der Waals surface area contributed by atoms with Crippen LogP contribution in [0.5, 0.6) is 11.5 Å². The normalized spacial score (nSPS) is 15.0. The Labute approximate surface area is 138 Å². The maximum absolute atomic E-state index is 10.3. The number of phenols is 2. The molecule has 4 heteroatoms. The summed E-state index contributed by atoms with van der Waals surface area (Å²) in [6.45, 7) is 7.91. The number of aromatic hydroxyl groups is 2. The molecule has 2 aromatic carbocycles. The van der Waals surface area contributed by atoms with Crippen LogP contribution in [0.25, 0.3) is 0 Å². The molecule has 0 aliphatic carbocycles. The summed E-state index contributed by atoms with van der Waals surface area (Å²) in [6, 6.07) is 14.9. The average Bonchev–Trinajstić information content (AvgIpc) is 2.56. The van der Waals surface area contributed by atoms with Crippen LogP contribution in [-0.2, 0) is 0 Å². The number of quaternary nitrogens is 1. The highest BCUT2D eigenvalue weighted by molar-refractivity contribution is 5.61. The van der Waals surface area contributed by atoms with E-state index < -0.39 is 0 Å². The van der Waals surface area contributed by atoms with Crippen molar-refractivity contribution >= 4 is 11.4 Å². The number of nitrogens with zero attached hydrogens (tertiary/aromatic N) is 2. The molecule has 0 amide bonds. The van der Waals surface area contributed by atoms with Crippen LogP contribution in [0.1, 0.15) is 20.8 Å². The number of hydrogen-bond acceptors (Lipinski definition) is 3. The van der Waals surface area contributed by atoms with Crippen LogP contribution in [0.4, 0.5) is 11.4 Å². The van der Waals surface area contributed by atoms with E-state index in [0.717, 1.165) is 24.5 Å². The fourth-order valence-electron chi connectivity index (χ4n) is 3.18. The van der Waals surface area contributed by atoms with Gasteiger partial charge >= 0.3 is 0 Å². The molecule has 0 saturated carbocycles. The largest absolute Gasteiger partial charge is 0.506 e. The zero-order valence-corrected chi connectivity index (χ0v) is 14.4. The van der Waals surface area contributed by atoms with Crippen LogP contribution < -0.4 is 9.38 Å². The van der Waals surface area contributed by atoms with E-state index in [9.17, 15) is 10.2 Å². The summed E-state index contributed by atoms with van der Waals surface area (Å²) in [5.41, 5.74) is 1.70. The monoisotopic (exact) mass is 315 g/mol. The van der Waals surface area contributed by atoms with Crippen molar-refractivity contribution in [1.29, 1.82) is 0 Å². The molecule has 0 bridgehead atoms. The van der Waals surface area contributed by atoms with Gasteiger partial charge in [0.25, 0.3) is 0 Å². The summed E-state index contributed by atoms with van der Waals surface area (Å²) in [5, 5.41) is 20.5.